The highest BCUT2D eigenvalue weighted by Gasteiger charge is 2.29. The molecule has 1 fully saturated rings. The van der Waals surface area contributed by atoms with E-state index < -0.39 is 6.04 Å². The van der Waals surface area contributed by atoms with Crippen molar-refractivity contribution in [3.63, 3.8) is 0 Å². The molecule has 1 saturated heterocycles. The summed E-state index contributed by atoms with van der Waals surface area (Å²) in [5.41, 5.74) is 0.641. The van der Waals surface area contributed by atoms with Gasteiger partial charge < -0.3 is 20.3 Å². The van der Waals surface area contributed by atoms with Crippen molar-refractivity contribution in [2.75, 3.05) is 25.5 Å². The molecule has 2 rings (SSSR count). The van der Waals surface area contributed by atoms with Gasteiger partial charge in [-0.1, -0.05) is 6.07 Å². The molecule has 0 bridgehead atoms. The number of benzene rings is 1. The molecule has 1 aliphatic rings. The number of carbonyl (C=O) groups is 2. The standard InChI is InChI=1S/C13H17N3O3/c1-9-12(17)14-6-7-16(9)13(18)15-10-4-3-5-11(8-10)19-2/h3-5,8-9H,6-7H2,1-2H3,(H,14,17)(H,15,18). The molecule has 0 spiro atoms. The number of methoxy groups -OCH3 is 1. The molecular weight excluding hydrogens is 246 g/mol. The van der Waals surface area contributed by atoms with E-state index in [1.807, 2.05) is 0 Å². The molecule has 1 atom stereocenters. The summed E-state index contributed by atoms with van der Waals surface area (Å²) >= 11 is 0. The van der Waals surface area contributed by atoms with Crippen molar-refractivity contribution in [3.05, 3.63) is 24.3 Å². The predicted molar refractivity (Wildman–Crippen MR) is 71.2 cm³/mol. The van der Waals surface area contributed by atoms with Gasteiger partial charge >= 0.3 is 6.03 Å². The van der Waals surface area contributed by atoms with E-state index in [1.54, 1.807) is 38.3 Å². The molecule has 1 aromatic carbocycles. The predicted octanol–water partition coefficient (Wildman–Crippen LogP) is 1.05. The van der Waals surface area contributed by atoms with Gasteiger partial charge in [-0.2, -0.15) is 0 Å². The van der Waals surface area contributed by atoms with Crippen LogP contribution in [0.4, 0.5) is 10.5 Å². The summed E-state index contributed by atoms with van der Waals surface area (Å²) in [5, 5.41) is 5.48. The van der Waals surface area contributed by atoms with Crippen LogP contribution in [-0.2, 0) is 4.79 Å². The van der Waals surface area contributed by atoms with Crippen LogP contribution in [0.1, 0.15) is 6.92 Å². The van der Waals surface area contributed by atoms with Gasteiger partial charge in [-0.25, -0.2) is 4.79 Å². The lowest BCUT2D eigenvalue weighted by Crippen LogP contribution is -2.56. The molecule has 0 aliphatic carbocycles. The minimum absolute atomic E-state index is 0.132. The largest absolute Gasteiger partial charge is 0.497 e. The molecule has 2 N–H and O–H groups in total. The zero-order valence-corrected chi connectivity index (χ0v) is 11.0. The van der Waals surface area contributed by atoms with Gasteiger partial charge in [-0.3, -0.25) is 4.79 Å². The van der Waals surface area contributed by atoms with Gasteiger partial charge in [0.25, 0.3) is 0 Å². The quantitative estimate of drug-likeness (QED) is 0.837. The van der Waals surface area contributed by atoms with E-state index >= 15 is 0 Å². The minimum atomic E-state index is -0.459. The Bertz CT molecular complexity index is 490. The van der Waals surface area contributed by atoms with Crippen LogP contribution in [0.3, 0.4) is 0 Å². The normalized spacial score (nSPS) is 18.7. The third-order valence-electron chi connectivity index (χ3n) is 3.08. The summed E-state index contributed by atoms with van der Waals surface area (Å²) in [6.07, 6.45) is 0. The first-order valence-electron chi connectivity index (χ1n) is 6.11. The molecular formula is C13H17N3O3. The Hall–Kier alpha value is -2.24. The number of amides is 3. The van der Waals surface area contributed by atoms with Gasteiger partial charge in [0.2, 0.25) is 5.91 Å². The molecule has 6 nitrogen and oxygen atoms in total. The van der Waals surface area contributed by atoms with E-state index in [2.05, 4.69) is 10.6 Å². The first kappa shape index (κ1) is 13.2. The highest BCUT2D eigenvalue weighted by molar-refractivity contribution is 5.94. The van der Waals surface area contributed by atoms with Gasteiger partial charge in [-0.15, -0.1) is 0 Å². The smallest absolute Gasteiger partial charge is 0.322 e. The van der Waals surface area contributed by atoms with Gasteiger partial charge in [0, 0.05) is 24.8 Å². The van der Waals surface area contributed by atoms with Crippen molar-refractivity contribution in [2.24, 2.45) is 0 Å². The number of piperazine rings is 1. The molecule has 102 valence electrons. The van der Waals surface area contributed by atoms with Gasteiger partial charge in [0.05, 0.1) is 7.11 Å². The molecule has 6 heteroatoms. The molecule has 19 heavy (non-hydrogen) atoms. The van der Waals surface area contributed by atoms with Crippen molar-refractivity contribution >= 4 is 17.6 Å². The van der Waals surface area contributed by atoms with Crippen molar-refractivity contribution in [3.8, 4) is 5.75 Å². The lowest BCUT2D eigenvalue weighted by Gasteiger charge is -2.32. The van der Waals surface area contributed by atoms with Crippen LogP contribution < -0.4 is 15.4 Å². The highest BCUT2D eigenvalue weighted by atomic mass is 16.5. The maximum atomic E-state index is 12.1. The Labute approximate surface area is 111 Å². The van der Waals surface area contributed by atoms with Crippen LogP contribution in [-0.4, -0.2) is 43.1 Å². The second-order valence-corrected chi connectivity index (χ2v) is 4.32. The summed E-state index contributed by atoms with van der Waals surface area (Å²) in [6, 6.07) is 6.35. The van der Waals surface area contributed by atoms with Crippen LogP contribution in [0.25, 0.3) is 0 Å². The van der Waals surface area contributed by atoms with Crippen molar-refractivity contribution in [1.82, 2.24) is 10.2 Å². The number of rotatable bonds is 2. The summed E-state index contributed by atoms with van der Waals surface area (Å²) in [4.78, 5) is 25.1. The average Bonchev–Trinajstić information content (AvgIpc) is 2.42. The number of nitrogens with one attached hydrogen (secondary N) is 2. The lowest BCUT2D eigenvalue weighted by atomic mass is 10.2. The Morgan fingerprint density at radius 2 is 2.32 bits per heavy atom. The number of hydrogen-bond donors (Lipinski definition) is 2. The maximum absolute atomic E-state index is 12.1. The number of hydrogen-bond acceptors (Lipinski definition) is 3. The number of carbonyl (C=O) groups excluding carboxylic acids is 2. The van der Waals surface area contributed by atoms with Crippen LogP contribution in [0, 0.1) is 0 Å². The second-order valence-electron chi connectivity index (χ2n) is 4.32. The van der Waals surface area contributed by atoms with E-state index in [1.165, 1.54) is 4.90 Å². The van der Waals surface area contributed by atoms with Crippen LogP contribution in [0.5, 0.6) is 5.75 Å². The van der Waals surface area contributed by atoms with Crippen LogP contribution in [0.15, 0.2) is 24.3 Å². The van der Waals surface area contributed by atoms with Gasteiger partial charge in [-0.05, 0) is 19.1 Å². The fourth-order valence-electron chi connectivity index (χ4n) is 1.96. The summed E-state index contributed by atoms with van der Waals surface area (Å²) < 4.78 is 5.09. The fraction of sp³-hybridized carbons (Fsp3) is 0.385. The molecule has 0 aromatic heterocycles. The average molecular weight is 263 g/mol. The van der Waals surface area contributed by atoms with E-state index in [0.717, 1.165) is 0 Å². The highest BCUT2D eigenvalue weighted by Crippen LogP contribution is 2.17. The Morgan fingerprint density at radius 1 is 1.53 bits per heavy atom. The lowest BCUT2D eigenvalue weighted by molar-refractivity contribution is -0.126. The molecule has 1 aliphatic heterocycles. The SMILES string of the molecule is COc1cccc(NC(=O)N2CCNC(=O)C2C)c1. The first-order valence-corrected chi connectivity index (χ1v) is 6.11. The van der Waals surface area contributed by atoms with E-state index in [0.29, 0.717) is 24.5 Å². The Morgan fingerprint density at radius 3 is 3.05 bits per heavy atom. The molecule has 1 heterocycles. The number of urea groups is 1. The van der Waals surface area contributed by atoms with E-state index in [9.17, 15) is 9.59 Å². The molecule has 0 saturated carbocycles. The topological polar surface area (TPSA) is 70.7 Å². The first-order chi connectivity index (χ1) is 9.11. The summed E-state index contributed by atoms with van der Waals surface area (Å²) in [6.45, 7) is 2.69. The van der Waals surface area contributed by atoms with Gasteiger partial charge in [0.1, 0.15) is 11.8 Å². The number of ether oxygens (including phenoxy) is 1. The number of nitrogens with zero attached hydrogens (tertiary/aromatic N) is 1. The minimum Gasteiger partial charge on any atom is -0.497 e. The zero-order chi connectivity index (χ0) is 13.8. The van der Waals surface area contributed by atoms with Gasteiger partial charge in [0.15, 0.2) is 0 Å². The van der Waals surface area contributed by atoms with Crippen LogP contribution in [0.2, 0.25) is 0 Å². The van der Waals surface area contributed by atoms with E-state index in [-0.39, 0.29) is 11.9 Å². The maximum Gasteiger partial charge on any atom is 0.322 e. The Balaban J connectivity index is 2.05. The summed E-state index contributed by atoms with van der Waals surface area (Å²) in [7, 11) is 1.57. The van der Waals surface area contributed by atoms with E-state index in [4.69, 9.17) is 4.74 Å². The molecule has 1 aromatic rings. The second kappa shape index (κ2) is 5.60. The van der Waals surface area contributed by atoms with Crippen molar-refractivity contribution in [2.45, 2.75) is 13.0 Å². The molecule has 0 radical (unpaired) electrons. The third kappa shape index (κ3) is 2.96. The molecule has 1 unspecified atom stereocenters. The van der Waals surface area contributed by atoms with Crippen LogP contribution >= 0.6 is 0 Å². The van der Waals surface area contributed by atoms with Crippen molar-refractivity contribution < 1.29 is 14.3 Å². The molecule has 3 amide bonds. The Kier molecular flexibility index (Phi) is 3.89. The fourth-order valence-corrected chi connectivity index (χ4v) is 1.96. The monoisotopic (exact) mass is 263 g/mol. The third-order valence-corrected chi connectivity index (χ3v) is 3.08. The number of anilines is 1. The zero-order valence-electron chi connectivity index (χ0n) is 11.0. The van der Waals surface area contributed by atoms with Crippen molar-refractivity contribution in [1.29, 1.82) is 0 Å². The summed E-state index contributed by atoms with van der Waals surface area (Å²) in [5.74, 6) is 0.536.